The van der Waals surface area contributed by atoms with E-state index in [9.17, 15) is 9.90 Å². The zero-order chi connectivity index (χ0) is 16.9. The highest BCUT2D eigenvalue weighted by atomic mass is 32.2. The Kier molecular flexibility index (Phi) is 3.84. The highest BCUT2D eigenvalue weighted by Crippen LogP contribution is 2.55. The number of rotatable bonds is 2. The predicted octanol–water partition coefficient (Wildman–Crippen LogP) is 2.18. The Morgan fingerprint density at radius 3 is 2.83 bits per heavy atom. The molecule has 0 radical (unpaired) electrons. The zero-order valence-electron chi connectivity index (χ0n) is 13.9. The summed E-state index contributed by atoms with van der Waals surface area (Å²) in [7, 11) is 0. The van der Waals surface area contributed by atoms with Crippen molar-refractivity contribution in [3.8, 4) is 0 Å². The van der Waals surface area contributed by atoms with Crippen LogP contribution in [0.4, 0.5) is 0 Å². The van der Waals surface area contributed by atoms with Crippen LogP contribution in [0.1, 0.15) is 32.3 Å². The van der Waals surface area contributed by atoms with Gasteiger partial charge in [-0.15, -0.1) is 11.8 Å². The van der Waals surface area contributed by atoms with E-state index >= 15 is 0 Å². The molecule has 24 heavy (non-hydrogen) atoms. The van der Waals surface area contributed by atoms with Gasteiger partial charge in [0.05, 0.1) is 28.4 Å². The molecule has 6 heteroatoms. The lowest BCUT2D eigenvalue weighted by atomic mass is 9.72. The Morgan fingerprint density at radius 1 is 1.38 bits per heavy atom. The van der Waals surface area contributed by atoms with Crippen LogP contribution in [0.5, 0.6) is 0 Å². The molecule has 3 aliphatic heterocycles. The van der Waals surface area contributed by atoms with Crippen LogP contribution in [0.25, 0.3) is 4.91 Å². The van der Waals surface area contributed by atoms with Crippen molar-refractivity contribution in [1.29, 1.82) is 0 Å². The van der Waals surface area contributed by atoms with Gasteiger partial charge in [-0.05, 0) is 50.3 Å². The predicted molar refractivity (Wildman–Crippen MR) is 92.9 cm³/mol. The lowest BCUT2D eigenvalue weighted by molar-refractivity contribution is -0.129. The van der Waals surface area contributed by atoms with Crippen molar-refractivity contribution in [3.63, 3.8) is 0 Å². The lowest BCUT2D eigenvalue weighted by Crippen LogP contribution is -2.62. The molecule has 2 N–H and O–H groups in total. The normalized spacial score (nSPS) is 32.7. The number of nitrogens with zero attached hydrogens (tertiary/aromatic N) is 1. The molecule has 4 heterocycles. The number of allylic oxidation sites excluding steroid dienone is 1. The number of nitrogens with one attached hydrogen (secondary N) is 1. The number of aromatic nitrogens is 1. The second-order valence-corrected chi connectivity index (χ2v) is 8.44. The molecule has 4 unspecified atom stereocenters. The first-order chi connectivity index (χ1) is 11.5. The van der Waals surface area contributed by atoms with Crippen LogP contribution < -0.4 is 5.32 Å². The van der Waals surface area contributed by atoms with Crippen molar-refractivity contribution >= 4 is 22.6 Å². The summed E-state index contributed by atoms with van der Waals surface area (Å²) in [5.74, 6) is 1.16. The second kappa shape index (κ2) is 5.77. The van der Waals surface area contributed by atoms with Crippen LogP contribution in [-0.2, 0) is 9.53 Å². The van der Waals surface area contributed by atoms with Crippen LogP contribution in [0, 0.1) is 11.8 Å². The van der Waals surface area contributed by atoms with Gasteiger partial charge in [0.25, 0.3) is 0 Å². The standard InChI is InChI=1S/C18H22N2O3S/c1-18(2,22)16-11-4-3-9-23-13-12(11)15(17(21)20-16)24-14(13)10-5-7-19-8-6-10/h5-8,11-12,15-16,22H,3-4,9H2,1-2H3,(H,20,21). The smallest absolute Gasteiger partial charge is 0.234 e. The lowest BCUT2D eigenvalue weighted by Gasteiger charge is -2.44. The van der Waals surface area contributed by atoms with Gasteiger partial charge in [-0.2, -0.15) is 0 Å². The molecule has 1 aromatic rings. The molecule has 1 amide bonds. The Labute approximate surface area is 145 Å². The van der Waals surface area contributed by atoms with Gasteiger partial charge in [-0.1, -0.05) is 0 Å². The van der Waals surface area contributed by atoms with E-state index in [-0.39, 0.29) is 29.0 Å². The molecule has 1 aromatic heterocycles. The number of pyridine rings is 1. The van der Waals surface area contributed by atoms with E-state index in [2.05, 4.69) is 10.3 Å². The van der Waals surface area contributed by atoms with Crippen LogP contribution in [-0.4, -0.2) is 39.5 Å². The molecule has 4 rings (SSSR count). The maximum atomic E-state index is 12.7. The largest absolute Gasteiger partial charge is 0.496 e. The summed E-state index contributed by atoms with van der Waals surface area (Å²) in [6, 6.07) is 3.67. The average molecular weight is 346 g/mol. The van der Waals surface area contributed by atoms with Crippen molar-refractivity contribution in [2.24, 2.45) is 11.8 Å². The number of hydrogen-bond donors (Lipinski definition) is 2. The minimum atomic E-state index is -0.954. The third-order valence-electron chi connectivity index (χ3n) is 5.19. The summed E-state index contributed by atoms with van der Waals surface area (Å²) in [5.41, 5.74) is 0.0952. The summed E-state index contributed by atoms with van der Waals surface area (Å²) in [6.45, 7) is 4.22. The van der Waals surface area contributed by atoms with Crippen LogP contribution in [0.3, 0.4) is 0 Å². The zero-order valence-corrected chi connectivity index (χ0v) is 14.7. The molecule has 4 atom stereocenters. The molecular formula is C18H22N2O3S. The van der Waals surface area contributed by atoms with E-state index in [1.165, 1.54) is 0 Å². The van der Waals surface area contributed by atoms with E-state index < -0.39 is 5.60 Å². The number of hydrogen-bond acceptors (Lipinski definition) is 5. The number of carbonyl (C=O) groups excluding carboxylic acids is 1. The van der Waals surface area contributed by atoms with Gasteiger partial charge < -0.3 is 15.2 Å². The Hall–Kier alpha value is -1.53. The van der Waals surface area contributed by atoms with E-state index in [4.69, 9.17) is 4.74 Å². The Balaban J connectivity index is 1.80. The molecule has 0 bridgehead atoms. The third-order valence-corrected chi connectivity index (χ3v) is 6.62. The van der Waals surface area contributed by atoms with Crippen LogP contribution in [0.2, 0.25) is 0 Å². The van der Waals surface area contributed by atoms with Gasteiger partial charge in [0.15, 0.2) is 0 Å². The SMILES string of the molecule is CC(C)(O)C1NC(=O)C2SC(c3ccncc3)=C3OCCCC1C32. The summed E-state index contributed by atoms with van der Waals surface area (Å²) in [4.78, 5) is 17.8. The first kappa shape index (κ1) is 16.0. The van der Waals surface area contributed by atoms with Crippen molar-refractivity contribution in [2.45, 2.75) is 43.6 Å². The van der Waals surface area contributed by atoms with Crippen molar-refractivity contribution < 1.29 is 14.6 Å². The minimum absolute atomic E-state index is 0.000399. The van der Waals surface area contributed by atoms with E-state index in [0.29, 0.717) is 6.61 Å². The molecular weight excluding hydrogens is 324 g/mol. The van der Waals surface area contributed by atoms with Crippen molar-refractivity contribution in [1.82, 2.24) is 10.3 Å². The number of carbonyl (C=O) groups is 1. The first-order valence-electron chi connectivity index (χ1n) is 8.43. The quantitative estimate of drug-likeness (QED) is 0.859. The number of amides is 1. The average Bonchev–Trinajstić information content (AvgIpc) is 2.80. The fourth-order valence-corrected chi connectivity index (χ4v) is 5.64. The van der Waals surface area contributed by atoms with Crippen LogP contribution in [0.15, 0.2) is 30.3 Å². The van der Waals surface area contributed by atoms with E-state index in [0.717, 1.165) is 29.1 Å². The van der Waals surface area contributed by atoms with Crippen molar-refractivity contribution in [3.05, 3.63) is 35.8 Å². The van der Waals surface area contributed by atoms with Gasteiger partial charge in [-0.25, -0.2) is 0 Å². The summed E-state index contributed by atoms with van der Waals surface area (Å²) < 4.78 is 6.12. The molecule has 3 aliphatic rings. The molecule has 0 spiro atoms. The number of aliphatic hydroxyl groups is 1. The molecule has 0 aliphatic carbocycles. The van der Waals surface area contributed by atoms with Gasteiger partial charge in [0.2, 0.25) is 5.91 Å². The van der Waals surface area contributed by atoms with Gasteiger partial charge >= 0.3 is 0 Å². The third kappa shape index (κ3) is 2.52. The van der Waals surface area contributed by atoms with Gasteiger partial charge in [0, 0.05) is 18.3 Å². The van der Waals surface area contributed by atoms with Gasteiger partial charge in [-0.3, -0.25) is 9.78 Å². The molecule has 5 nitrogen and oxygen atoms in total. The maximum absolute atomic E-state index is 12.7. The highest BCUT2D eigenvalue weighted by molar-refractivity contribution is 8.09. The Morgan fingerprint density at radius 2 is 2.12 bits per heavy atom. The fourth-order valence-electron chi connectivity index (χ4n) is 4.16. The summed E-state index contributed by atoms with van der Waals surface area (Å²) >= 11 is 1.59. The molecule has 0 aromatic carbocycles. The minimum Gasteiger partial charge on any atom is -0.496 e. The van der Waals surface area contributed by atoms with Crippen molar-refractivity contribution in [2.75, 3.05) is 6.61 Å². The highest BCUT2D eigenvalue weighted by Gasteiger charge is 2.55. The van der Waals surface area contributed by atoms with Crippen LogP contribution >= 0.6 is 11.8 Å². The topological polar surface area (TPSA) is 71.5 Å². The molecule has 128 valence electrons. The first-order valence-corrected chi connectivity index (χ1v) is 9.31. The van der Waals surface area contributed by atoms with E-state index in [1.54, 1.807) is 38.0 Å². The molecule has 2 saturated heterocycles. The second-order valence-electron chi connectivity index (χ2n) is 7.29. The molecule has 0 saturated carbocycles. The number of piperidine rings is 1. The number of thioether (sulfide) groups is 1. The van der Waals surface area contributed by atoms with E-state index in [1.807, 2.05) is 12.1 Å². The monoisotopic (exact) mass is 346 g/mol. The fraction of sp³-hybridized carbons (Fsp3) is 0.556. The number of ether oxygens (including phenoxy) is 1. The van der Waals surface area contributed by atoms with Gasteiger partial charge in [0.1, 0.15) is 5.76 Å². The summed E-state index contributed by atoms with van der Waals surface area (Å²) in [5, 5.41) is 13.5. The molecule has 2 fully saturated rings. The maximum Gasteiger partial charge on any atom is 0.234 e. The summed E-state index contributed by atoms with van der Waals surface area (Å²) in [6.07, 6.45) is 5.41. The Bertz CT molecular complexity index is 683.